The summed E-state index contributed by atoms with van der Waals surface area (Å²) in [6, 6.07) is 5.03. The first-order chi connectivity index (χ1) is 10.8. The number of ketones is 1. The van der Waals surface area contributed by atoms with Crippen molar-refractivity contribution in [3.05, 3.63) is 29.8 Å². The first kappa shape index (κ1) is 17.6. The maximum Gasteiger partial charge on any atom is 0.241 e. The van der Waals surface area contributed by atoms with Crippen LogP contribution in [-0.2, 0) is 14.8 Å². The second kappa shape index (κ2) is 7.23. The van der Waals surface area contributed by atoms with E-state index in [2.05, 4.69) is 10.0 Å². The van der Waals surface area contributed by atoms with Gasteiger partial charge in [-0.3, -0.25) is 9.59 Å². The van der Waals surface area contributed by atoms with Crippen molar-refractivity contribution in [2.45, 2.75) is 56.5 Å². The predicted octanol–water partition coefficient (Wildman–Crippen LogP) is 1.61. The third-order valence-electron chi connectivity index (χ3n) is 3.98. The van der Waals surface area contributed by atoms with E-state index in [1.54, 1.807) is 6.07 Å². The van der Waals surface area contributed by atoms with Crippen LogP contribution in [0.5, 0.6) is 0 Å². The Kier molecular flexibility index (Phi) is 5.54. The van der Waals surface area contributed by atoms with Gasteiger partial charge in [-0.25, -0.2) is 8.42 Å². The normalized spacial score (nSPS) is 17.0. The molecule has 1 aliphatic carbocycles. The lowest BCUT2D eigenvalue weighted by Crippen LogP contribution is -2.47. The number of Topliss-reactive ketones (excluding diaryl/α,β-unsaturated/α-hetero) is 1. The fraction of sp³-hybridized carbons (Fsp3) is 0.500. The summed E-state index contributed by atoms with van der Waals surface area (Å²) in [4.78, 5) is 23.4. The summed E-state index contributed by atoms with van der Waals surface area (Å²) in [5.41, 5.74) is 0.316. The number of carbonyl (C=O) groups is 2. The number of nitrogens with one attached hydrogen (secondary N) is 2. The lowest BCUT2D eigenvalue weighted by molar-refractivity contribution is -0.123. The average molecular weight is 338 g/mol. The Bertz CT molecular complexity index is 694. The van der Waals surface area contributed by atoms with Gasteiger partial charge >= 0.3 is 0 Å². The van der Waals surface area contributed by atoms with Gasteiger partial charge in [0.15, 0.2) is 5.78 Å². The lowest BCUT2D eigenvalue weighted by atomic mass is 10.2. The van der Waals surface area contributed by atoms with Crippen molar-refractivity contribution in [1.82, 2.24) is 10.0 Å². The molecule has 0 aliphatic heterocycles. The van der Waals surface area contributed by atoms with E-state index in [9.17, 15) is 18.0 Å². The van der Waals surface area contributed by atoms with Crippen molar-refractivity contribution in [3.63, 3.8) is 0 Å². The Labute approximate surface area is 136 Å². The molecule has 0 heterocycles. The van der Waals surface area contributed by atoms with Gasteiger partial charge in [0.1, 0.15) is 0 Å². The van der Waals surface area contributed by atoms with Gasteiger partial charge < -0.3 is 5.32 Å². The standard InChI is InChI=1S/C16H22N2O4S/c1-11(16(20)17-14-7-3-4-8-14)18-23(21,22)15-9-5-6-13(10-15)12(2)19/h5-6,9-11,14,18H,3-4,7-8H2,1-2H3,(H,17,20). The van der Waals surface area contributed by atoms with Gasteiger partial charge in [0.2, 0.25) is 15.9 Å². The quantitative estimate of drug-likeness (QED) is 0.771. The van der Waals surface area contributed by atoms with Crippen LogP contribution in [-0.4, -0.2) is 32.2 Å². The Balaban J connectivity index is 2.06. The third-order valence-corrected chi connectivity index (χ3v) is 5.52. The molecule has 1 aromatic rings. The molecule has 126 valence electrons. The molecule has 7 heteroatoms. The van der Waals surface area contributed by atoms with Crippen molar-refractivity contribution < 1.29 is 18.0 Å². The first-order valence-corrected chi connectivity index (χ1v) is 9.21. The van der Waals surface area contributed by atoms with Gasteiger partial charge in [0, 0.05) is 11.6 Å². The summed E-state index contributed by atoms with van der Waals surface area (Å²) in [6.07, 6.45) is 4.05. The molecule has 2 rings (SSSR count). The lowest BCUT2D eigenvalue weighted by Gasteiger charge is -2.18. The van der Waals surface area contributed by atoms with Crippen LogP contribution in [0.25, 0.3) is 0 Å². The highest BCUT2D eigenvalue weighted by atomic mass is 32.2. The summed E-state index contributed by atoms with van der Waals surface area (Å²) in [6.45, 7) is 2.88. The van der Waals surface area contributed by atoms with Crippen molar-refractivity contribution in [3.8, 4) is 0 Å². The molecule has 23 heavy (non-hydrogen) atoms. The second-order valence-electron chi connectivity index (χ2n) is 5.92. The molecular formula is C16H22N2O4S. The fourth-order valence-corrected chi connectivity index (χ4v) is 3.88. The zero-order valence-electron chi connectivity index (χ0n) is 13.3. The molecule has 0 radical (unpaired) electrons. The smallest absolute Gasteiger partial charge is 0.241 e. The summed E-state index contributed by atoms with van der Waals surface area (Å²) in [5.74, 6) is -0.544. The number of hydrogen-bond donors (Lipinski definition) is 2. The van der Waals surface area contributed by atoms with Crippen LogP contribution in [0.1, 0.15) is 49.9 Å². The summed E-state index contributed by atoms with van der Waals surface area (Å²) < 4.78 is 27.1. The van der Waals surface area contributed by atoms with E-state index in [4.69, 9.17) is 0 Å². The molecule has 2 N–H and O–H groups in total. The molecule has 0 saturated heterocycles. The molecule has 1 aromatic carbocycles. The zero-order chi connectivity index (χ0) is 17.0. The van der Waals surface area contributed by atoms with Gasteiger partial charge in [-0.15, -0.1) is 0 Å². The minimum atomic E-state index is -3.86. The van der Waals surface area contributed by atoms with Gasteiger partial charge in [0.05, 0.1) is 10.9 Å². The molecular weight excluding hydrogens is 316 g/mol. The minimum absolute atomic E-state index is 0.0225. The van der Waals surface area contributed by atoms with Gasteiger partial charge in [-0.05, 0) is 38.8 Å². The Hall–Kier alpha value is -1.73. The van der Waals surface area contributed by atoms with Crippen LogP contribution in [0.2, 0.25) is 0 Å². The third kappa shape index (κ3) is 4.62. The van der Waals surface area contributed by atoms with E-state index in [1.807, 2.05) is 0 Å². The molecule has 1 saturated carbocycles. The minimum Gasteiger partial charge on any atom is -0.352 e. The molecule has 1 unspecified atom stereocenters. The van der Waals surface area contributed by atoms with Crippen molar-refractivity contribution in [1.29, 1.82) is 0 Å². The van der Waals surface area contributed by atoms with Crippen LogP contribution >= 0.6 is 0 Å². The molecule has 1 aliphatic rings. The van der Waals surface area contributed by atoms with Gasteiger partial charge in [0.25, 0.3) is 0 Å². The zero-order valence-corrected chi connectivity index (χ0v) is 14.2. The van der Waals surface area contributed by atoms with Crippen molar-refractivity contribution in [2.24, 2.45) is 0 Å². The second-order valence-corrected chi connectivity index (χ2v) is 7.63. The fourth-order valence-electron chi connectivity index (χ4n) is 2.63. The highest BCUT2D eigenvalue weighted by Gasteiger charge is 2.25. The van der Waals surface area contributed by atoms with Crippen LogP contribution in [0, 0.1) is 0 Å². The van der Waals surface area contributed by atoms with Crippen LogP contribution in [0.3, 0.4) is 0 Å². The van der Waals surface area contributed by atoms with E-state index >= 15 is 0 Å². The highest BCUT2D eigenvalue weighted by Crippen LogP contribution is 2.18. The first-order valence-electron chi connectivity index (χ1n) is 7.73. The van der Waals surface area contributed by atoms with E-state index < -0.39 is 16.1 Å². The van der Waals surface area contributed by atoms with Gasteiger partial charge in [-0.2, -0.15) is 4.72 Å². The summed E-state index contributed by atoms with van der Waals surface area (Å²) >= 11 is 0. The maximum atomic E-state index is 12.4. The molecule has 6 nitrogen and oxygen atoms in total. The Morgan fingerprint density at radius 1 is 1.22 bits per heavy atom. The maximum absolute atomic E-state index is 12.4. The van der Waals surface area contributed by atoms with E-state index in [-0.39, 0.29) is 22.6 Å². The Morgan fingerprint density at radius 2 is 1.87 bits per heavy atom. The summed E-state index contributed by atoms with van der Waals surface area (Å²) in [7, 11) is -3.86. The van der Waals surface area contributed by atoms with Crippen molar-refractivity contribution >= 4 is 21.7 Å². The number of rotatable bonds is 6. The largest absolute Gasteiger partial charge is 0.352 e. The molecule has 0 spiro atoms. The molecule has 1 atom stereocenters. The molecule has 0 bridgehead atoms. The number of carbonyl (C=O) groups excluding carboxylic acids is 2. The van der Waals surface area contributed by atoms with E-state index in [0.29, 0.717) is 5.56 Å². The predicted molar refractivity (Wildman–Crippen MR) is 86.6 cm³/mol. The number of hydrogen-bond acceptors (Lipinski definition) is 4. The molecule has 1 fully saturated rings. The SMILES string of the molecule is CC(=O)c1cccc(S(=O)(=O)NC(C)C(=O)NC2CCCC2)c1. The molecule has 0 aromatic heterocycles. The summed E-state index contributed by atoms with van der Waals surface area (Å²) in [5, 5.41) is 2.86. The average Bonchev–Trinajstić information content (AvgIpc) is 2.99. The van der Waals surface area contributed by atoms with Crippen LogP contribution < -0.4 is 10.0 Å². The number of amides is 1. The highest BCUT2D eigenvalue weighted by molar-refractivity contribution is 7.89. The number of benzene rings is 1. The topological polar surface area (TPSA) is 92.3 Å². The van der Waals surface area contributed by atoms with E-state index in [1.165, 1.54) is 32.0 Å². The molecule has 1 amide bonds. The monoisotopic (exact) mass is 338 g/mol. The van der Waals surface area contributed by atoms with Crippen molar-refractivity contribution in [2.75, 3.05) is 0 Å². The van der Waals surface area contributed by atoms with E-state index in [0.717, 1.165) is 25.7 Å². The van der Waals surface area contributed by atoms with Crippen LogP contribution in [0.15, 0.2) is 29.2 Å². The number of sulfonamides is 1. The Morgan fingerprint density at radius 3 is 2.48 bits per heavy atom. The van der Waals surface area contributed by atoms with Gasteiger partial charge in [-0.1, -0.05) is 25.0 Å². The van der Waals surface area contributed by atoms with Crippen LogP contribution in [0.4, 0.5) is 0 Å².